The Morgan fingerprint density at radius 2 is 1.81 bits per heavy atom. The summed E-state index contributed by atoms with van der Waals surface area (Å²) in [7, 11) is 1.37. The van der Waals surface area contributed by atoms with Crippen molar-refractivity contribution in [3.05, 3.63) is 35.4 Å². The van der Waals surface area contributed by atoms with Crippen molar-refractivity contribution in [3.63, 3.8) is 0 Å². The van der Waals surface area contributed by atoms with Gasteiger partial charge in [0.15, 0.2) is 0 Å². The summed E-state index contributed by atoms with van der Waals surface area (Å²) in [6.45, 7) is 1.82. The maximum Gasteiger partial charge on any atom is 0.337 e. The fraction of sp³-hybridized carbons (Fsp3) is 0.500. The van der Waals surface area contributed by atoms with E-state index in [4.69, 9.17) is 0 Å². The van der Waals surface area contributed by atoms with Crippen molar-refractivity contribution in [3.8, 4) is 0 Å². The Hall–Kier alpha value is -1.49. The number of nitrogens with zero attached hydrogens (tertiary/aromatic N) is 1. The van der Waals surface area contributed by atoms with Gasteiger partial charge in [-0.25, -0.2) is 4.79 Å². The predicted molar refractivity (Wildman–Crippen MR) is 84.4 cm³/mol. The summed E-state index contributed by atoms with van der Waals surface area (Å²) in [4.78, 5) is 25.3. The molecule has 0 N–H and O–H groups in total. The Labute approximate surface area is 129 Å². The first kappa shape index (κ1) is 15.9. The summed E-state index contributed by atoms with van der Waals surface area (Å²) in [5.41, 5.74) is 1.66. The number of esters is 1. The Morgan fingerprint density at radius 1 is 1.14 bits per heavy atom. The molecular formula is C16H21NO3S. The monoisotopic (exact) mass is 307 g/mol. The second kappa shape index (κ2) is 8.08. The molecule has 1 heterocycles. The third kappa shape index (κ3) is 4.77. The molecule has 1 fully saturated rings. The number of piperidine rings is 1. The molecule has 4 nitrogen and oxygen atoms in total. The summed E-state index contributed by atoms with van der Waals surface area (Å²) in [6, 6.07) is 7.33. The van der Waals surface area contributed by atoms with Crippen LogP contribution in [0.1, 0.15) is 35.2 Å². The molecule has 1 aromatic carbocycles. The number of carbonyl (C=O) groups is 2. The van der Waals surface area contributed by atoms with Gasteiger partial charge in [0.05, 0.1) is 18.4 Å². The minimum atomic E-state index is -0.325. The minimum Gasteiger partial charge on any atom is -0.465 e. The van der Waals surface area contributed by atoms with Crippen LogP contribution in [0.25, 0.3) is 0 Å². The molecule has 1 aliphatic heterocycles. The van der Waals surface area contributed by atoms with Crippen molar-refractivity contribution in [2.24, 2.45) is 0 Å². The van der Waals surface area contributed by atoms with E-state index in [0.29, 0.717) is 11.3 Å². The van der Waals surface area contributed by atoms with E-state index >= 15 is 0 Å². The number of likely N-dealkylation sites (tertiary alicyclic amines) is 1. The first-order valence-corrected chi connectivity index (χ1v) is 8.39. The molecule has 21 heavy (non-hydrogen) atoms. The van der Waals surface area contributed by atoms with E-state index in [1.807, 2.05) is 17.0 Å². The number of ether oxygens (including phenoxy) is 1. The van der Waals surface area contributed by atoms with Gasteiger partial charge in [-0.2, -0.15) is 0 Å². The maximum absolute atomic E-state index is 12.0. The van der Waals surface area contributed by atoms with E-state index in [9.17, 15) is 9.59 Å². The van der Waals surface area contributed by atoms with Gasteiger partial charge < -0.3 is 9.64 Å². The number of benzene rings is 1. The van der Waals surface area contributed by atoms with E-state index < -0.39 is 0 Å². The Morgan fingerprint density at radius 3 is 2.43 bits per heavy atom. The highest BCUT2D eigenvalue weighted by Crippen LogP contribution is 2.16. The molecule has 0 saturated carbocycles. The highest BCUT2D eigenvalue weighted by Gasteiger charge is 2.15. The molecule has 5 heteroatoms. The normalized spacial score (nSPS) is 14.8. The molecule has 0 aromatic heterocycles. The highest BCUT2D eigenvalue weighted by atomic mass is 32.2. The number of thioether (sulfide) groups is 1. The number of methoxy groups -OCH3 is 1. The Balaban J connectivity index is 1.75. The molecule has 2 rings (SSSR count). The van der Waals surface area contributed by atoms with Crippen LogP contribution < -0.4 is 0 Å². The molecule has 0 spiro atoms. The molecule has 0 unspecified atom stereocenters. The van der Waals surface area contributed by atoms with Crippen LogP contribution in [0, 0.1) is 0 Å². The van der Waals surface area contributed by atoms with Crippen LogP contribution in [-0.4, -0.2) is 42.7 Å². The van der Waals surface area contributed by atoms with E-state index in [1.165, 1.54) is 13.5 Å². The lowest BCUT2D eigenvalue weighted by atomic mass is 10.1. The van der Waals surface area contributed by atoms with Gasteiger partial charge in [-0.05, 0) is 37.0 Å². The number of hydrogen-bond donors (Lipinski definition) is 0. The van der Waals surface area contributed by atoms with Crippen LogP contribution in [0.4, 0.5) is 0 Å². The van der Waals surface area contributed by atoms with Crippen molar-refractivity contribution in [1.29, 1.82) is 0 Å². The number of carbonyl (C=O) groups excluding carboxylic acids is 2. The average Bonchev–Trinajstić information content (AvgIpc) is 2.55. The Kier molecular flexibility index (Phi) is 6.11. The van der Waals surface area contributed by atoms with Gasteiger partial charge in [0.25, 0.3) is 0 Å². The third-order valence-corrected chi connectivity index (χ3v) is 4.57. The quantitative estimate of drug-likeness (QED) is 0.785. The molecular weight excluding hydrogens is 286 g/mol. The van der Waals surface area contributed by atoms with Crippen molar-refractivity contribution < 1.29 is 14.3 Å². The first-order chi connectivity index (χ1) is 10.2. The number of rotatable bonds is 5. The van der Waals surface area contributed by atoms with Gasteiger partial charge in [-0.1, -0.05) is 12.1 Å². The summed E-state index contributed by atoms with van der Waals surface area (Å²) in [5.74, 6) is 1.22. The van der Waals surface area contributed by atoms with E-state index in [1.54, 1.807) is 23.9 Å². The molecule has 0 radical (unpaired) electrons. The fourth-order valence-corrected chi connectivity index (χ4v) is 3.23. The molecule has 0 aliphatic carbocycles. The van der Waals surface area contributed by atoms with Gasteiger partial charge in [0, 0.05) is 18.8 Å². The molecule has 1 aliphatic rings. The molecule has 0 bridgehead atoms. The smallest absolute Gasteiger partial charge is 0.337 e. The molecule has 1 saturated heterocycles. The van der Waals surface area contributed by atoms with Crippen LogP contribution in [0.2, 0.25) is 0 Å². The summed E-state index contributed by atoms with van der Waals surface area (Å²) < 4.78 is 4.66. The van der Waals surface area contributed by atoms with Crippen LogP contribution in [0.3, 0.4) is 0 Å². The lowest BCUT2D eigenvalue weighted by Gasteiger charge is -2.26. The van der Waals surface area contributed by atoms with Crippen molar-refractivity contribution in [2.75, 3.05) is 26.0 Å². The highest BCUT2D eigenvalue weighted by molar-refractivity contribution is 7.99. The number of amides is 1. The summed E-state index contributed by atoms with van der Waals surface area (Å²) in [6.07, 6.45) is 3.50. The second-order valence-electron chi connectivity index (χ2n) is 5.12. The Bertz CT molecular complexity index is 481. The van der Waals surface area contributed by atoms with Crippen molar-refractivity contribution >= 4 is 23.6 Å². The zero-order chi connectivity index (χ0) is 15.1. The molecule has 0 atom stereocenters. The second-order valence-corrected chi connectivity index (χ2v) is 6.11. The molecule has 1 amide bonds. The average molecular weight is 307 g/mol. The lowest BCUT2D eigenvalue weighted by molar-refractivity contribution is -0.129. The minimum absolute atomic E-state index is 0.242. The van der Waals surface area contributed by atoms with Crippen LogP contribution in [-0.2, 0) is 15.3 Å². The van der Waals surface area contributed by atoms with Gasteiger partial charge in [-0.3, -0.25) is 4.79 Å². The van der Waals surface area contributed by atoms with E-state index in [0.717, 1.165) is 37.2 Å². The largest absolute Gasteiger partial charge is 0.465 e. The molecule has 1 aromatic rings. The van der Waals surface area contributed by atoms with E-state index in [2.05, 4.69) is 4.74 Å². The SMILES string of the molecule is COC(=O)c1ccc(CSCC(=O)N2CCCCC2)cc1. The first-order valence-electron chi connectivity index (χ1n) is 7.23. The topological polar surface area (TPSA) is 46.6 Å². The summed E-state index contributed by atoms with van der Waals surface area (Å²) >= 11 is 1.62. The van der Waals surface area contributed by atoms with Crippen molar-refractivity contribution in [2.45, 2.75) is 25.0 Å². The standard InChI is InChI=1S/C16H21NO3S/c1-20-16(19)14-7-5-13(6-8-14)11-21-12-15(18)17-9-3-2-4-10-17/h5-8H,2-4,9-12H2,1H3. The van der Waals surface area contributed by atoms with Gasteiger partial charge in [0.1, 0.15) is 0 Å². The molecule has 114 valence electrons. The van der Waals surface area contributed by atoms with Crippen LogP contribution >= 0.6 is 11.8 Å². The van der Waals surface area contributed by atoms with Crippen LogP contribution in [0.15, 0.2) is 24.3 Å². The van der Waals surface area contributed by atoms with Gasteiger partial charge in [-0.15, -0.1) is 11.8 Å². The van der Waals surface area contributed by atoms with Crippen LogP contribution in [0.5, 0.6) is 0 Å². The summed E-state index contributed by atoms with van der Waals surface area (Å²) in [5, 5.41) is 0. The van der Waals surface area contributed by atoms with E-state index in [-0.39, 0.29) is 11.9 Å². The fourth-order valence-electron chi connectivity index (χ4n) is 2.35. The number of hydrogen-bond acceptors (Lipinski definition) is 4. The zero-order valence-corrected chi connectivity index (χ0v) is 13.2. The lowest BCUT2D eigenvalue weighted by Crippen LogP contribution is -2.36. The third-order valence-electron chi connectivity index (χ3n) is 3.58. The van der Waals surface area contributed by atoms with Gasteiger partial charge >= 0.3 is 5.97 Å². The van der Waals surface area contributed by atoms with Crippen molar-refractivity contribution in [1.82, 2.24) is 4.90 Å². The van der Waals surface area contributed by atoms with Gasteiger partial charge in [0.2, 0.25) is 5.91 Å². The maximum atomic E-state index is 12.0. The zero-order valence-electron chi connectivity index (χ0n) is 12.3. The predicted octanol–water partition coefficient (Wildman–Crippen LogP) is 2.72.